The van der Waals surface area contributed by atoms with E-state index in [2.05, 4.69) is 9.47 Å². The van der Waals surface area contributed by atoms with Crippen LogP contribution in [0, 0.1) is 35.9 Å². The number of fused-ring (bicyclic) bond motifs is 2. The predicted molar refractivity (Wildman–Crippen MR) is 150 cm³/mol. The number of hydrogen-bond donors (Lipinski definition) is 1. The monoisotopic (exact) mass is 567 g/mol. The van der Waals surface area contributed by atoms with Gasteiger partial charge in [0.2, 0.25) is 5.88 Å². The van der Waals surface area contributed by atoms with Crippen molar-refractivity contribution in [1.29, 1.82) is 5.26 Å². The molecule has 2 saturated heterocycles. The molecule has 1 N–H and O–H groups in total. The Labute approximate surface area is 242 Å². The van der Waals surface area contributed by atoms with Crippen LogP contribution in [0.1, 0.15) is 50.9 Å². The van der Waals surface area contributed by atoms with Crippen molar-refractivity contribution >= 4 is 17.0 Å². The van der Waals surface area contributed by atoms with Crippen LogP contribution in [0.5, 0.6) is 5.88 Å². The molecule has 4 atom stereocenters. The van der Waals surface area contributed by atoms with Crippen LogP contribution in [-0.4, -0.2) is 56.3 Å². The molecule has 2 aromatic carbocycles. The minimum atomic E-state index is -0.940. The molecule has 10 heteroatoms. The van der Waals surface area contributed by atoms with Crippen LogP contribution in [0.15, 0.2) is 48.5 Å². The van der Waals surface area contributed by atoms with Gasteiger partial charge < -0.3 is 19.1 Å². The highest BCUT2D eigenvalue weighted by molar-refractivity contribution is 5.94. The molecule has 0 spiro atoms. The highest BCUT2D eigenvalue weighted by atomic mass is 19.1. The first-order valence-corrected chi connectivity index (χ1v) is 14.2. The van der Waals surface area contributed by atoms with Crippen molar-refractivity contribution in [3.8, 4) is 11.9 Å². The summed E-state index contributed by atoms with van der Waals surface area (Å²) in [7, 11) is 0. The number of aromatic carboxylic acids is 1. The summed E-state index contributed by atoms with van der Waals surface area (Å²) in [5.74, 6) is 1.35. The lowest BCUT2D eigenvalue weighted by atomic mass is 10.1. The van der Waals surface area contributed by atoms with E-state index in [1.807, 2.05) is 25.1 Å². The van der Waals surface area contributed by atoms with E-state index >= 15 is 0 Å². The third kappa shape index (κ3) is 4.89. The number of aromatic nitrogens is 3. The van der Waals surface area contributed by atoms with Crippen LogP contribution in [0.3, 0.4) is 0 Å². The number of benzene rings is 2. The van der Waals surface area contributed by atoms with Crippen molar-refractivity contribution < 1.29 is 23.8 Å². The Morgan fingerprint density at radius 2 is 2.00 bits per heavy atom. The number of aryl methyl sites for hydroxylation is 1. The molecule has 0 bridgehead atoms. The summed E-state index contributed by atoms with van der Waals surface area (Å²) < 4.78 is 27.9. The largest absolute Gasteiger partial charge is 0.478 e. The summed E-state index contributed by atoms with van der Waals surface area (Å²) in [6.07, 6.45) is 1.12. The van der Waals surface area contributed by atoms with Crippen molar-refractivity contribution in [3.05, 3.63) is 88.1 Å². The second kappa shape index (κ2) is 10.5. The van der Waals surface area contributed by atoms with Crippen molar-refractivity contribution in [2.75, 3.05) is 19.7 Å². The smallest absolute Gasteiger partial charge is 0.335 e. The first-order chi connectivity index (χ1) is 20.4. The quantitative estimate of drug-likeness (QED) is 0.311. The number of carbonyl (C=O) groups is 1. The summed E-state index contributed by atoms with van der Waals surface area (Å²) in [5.41, 5.74) is 4.48. The number of nitriles is 1. The molecular weight excluding hydrogens is 537 g/mol. The number of likely N-dealkylation sites (tertiary alicyclic amines) is 1. The SMILES string of the molecule is Cc1cc(C(=O)O)cc2c1nc(CN1C[C@@H]3C(c4cccc(OCc5ccc(C#N)cc5F)n4)[C@@H]3C1)n2CC1CCO1. The lowest BCUT2D eigenvalue weighted by molar-refractivity contribution is -0.0591. The van der Waals surface area contributed by atoms with Crippen LogP contribution in [0.25, 0.3) is 11.0 Å². The number of rotatable bonds is 9. The molecule has 3 aliphatic rings. The normalized spacial score (nSPS) is 22.9. The van der Waals surface area contributed by atoms with Gasteiger partial charge in [0.15, 0.2) is 0 Å². The Kier molecular flexibility index (Phi) is 6.64. The number of ether oxygens (including phenoxy) is 2. The molecular formula is C32H30FN5O4. The molecule has 214 valence electrons. The Morgan fingerprint density at radius 3 is 2.69 bits per heavy atom. The molecule has 2 unspecified atom stereocenters. The van der Waals surface area contributed by atoms with Crippen LogP contribution in [0.2, 0.25) is 0 Å². The number of carboxylic acids is 1. The van der Waals surface area contributed by atoms with E-state index in [-0.39, 0.29) is 23.8 Å². The summed E-state index contributed by atoms with van der Waals surface area (Å²) in [6.45, 7) is 5.94. The first kappa shape index (κ1) is 26.6. The molecule has 0 amide bonds. The van der Waals surface area contributed by atoms with Gasteiger partial charge in [0.1, 0.15) is 18.2 Å². The second-order valence-electron chi connectivity index (χ2n) is 11.5. The molecule has 1 aliphatic carbocycles. The van der Waals surface area contributed by atoms with E-state index in [1.165, 1.54) is 6.07 Å². The van der Waals surface area contributed by atoms with E-state index < -0.39 is 11.8 Å². The fourth-order valence-electron chi connectivity index (χ4n) is 6.48. The number of carboxylic acid groups (broad SMARTS) is 1. The lowest BCUT2D eigenvalue weighted by Gasteiger charge is -2.28. The van der Waals surface area contributed by atoms with Gasteiger partial charge in [0.05, 0.1) is 47.4 Å². The average molecular weight is 568 g/mol. The van der Waals surface area contributed by atoms with Crippen molar-refractivity contribution in [3.63, 3.8) is 0 Å². The van der Waals surface area contributed by atoms with E-state index in [0.29, 0.717) is 42.3 Å². The maximum Gasteiger partial charge on any atom is 0.335 e. The number of hydrogen-bond acceptors (Lipinski definition) is 7. The number of nitrogens with zero attached hydrogens (tertiary/aromatic N) is 5. The zero-order valence-corrected chi connectivity index (χ0v) is 23.2. The van der Waals surface area contributed by atoms with Crippen molar-refractivity contribution in [2.24, 2.45) is 11.8 Å². The Bertz CT molecular complexity index is 1730. The minimum Gasteiger partial charge on any atom is -0.478 e. The highest BCUT2D eigenvalue weighted by Crippen LogP contribution is 2.58. The molecule has 0 radical (unpaired) electrons. The summed E-state index contributed by atoms with van der Waals surface area (Å²) >= 11 is 0. The predicted octanol–water partition coefficient (Wildman–Crippen LogP) is 4.66. The van der Waals surface area contributed by atoms with E-state index in [9.17, 15) is 14.3 Å². The third-order valence-corrected chi connectivity index (χ3v) is 8.83. The Hall–Kier alpha value is -4.33. The van der Waals surface area contributed by atoms with Gasteiger partial charge in [-0.25, -0.2) is 19.2 Å². The molecule has 2 aliphatic heterocycles. The topological polar surface area (TPSA) is 113 Å². The molecule has 4 aromatic rings. The van der Waals surface area contributed by atoms with Gasteiger partial charge in [0, 0.05) is 42.9 Å². The second-order valence-corrected chi connectivity index (χ2v) is 11.5. The van der Waals surface area contributed by atoms with E-state index in [0.717, 1.165) is 54.2 Å². The van der Waals surface area contributed by atoms with E-state index in [4.69, 9.17) is 24.7 Å². The Balaban J connectivity index is 1.03. The molecule has 1 saturated carbocycles. The van der Waals surface area contributed by atoms with Crippen LogP contribution < -0.4 is 4.74 Å². The summed E-state index contributed by atoms with van der Waals surface area (Å²) in [6, 6.07) is 15.4. The van der Waals surface area contributed by atoms with Gasteiger partial charge in [-0.3, -0.25) is 4.90 Å². The van der Waals surface area contributed by atoms with Gasteiger partial charge in [-0.05, 0) is 61.1 Å². The van der Waals surface area contributed by atoms with Gasteiger partial charge >= 0.3 is 5.97 Å². The molecule has 9 nitrogen and oxygen atoms in total. The summed E-state index contributed by atoms with van der Waals surface area (Å²) in [4.78, 5) is 23.9. The molecule has 2 aromatic heterocycles. The van der Waals surface area contributed by atoms with Gasteiger partial charge in [-0.15, -0.1) is 0 Å². The average Bonchev–Trinajstić information content (AvgIpc) is 3.27. The first-order valence-electron chi connectivity index (χ1n) is 14.2. The van der Waals surface area contributed by atoms with Crippen LogP contribution in [-0.2, 0) is 24.4 Å². The fourth-order valence-corrected chi connectivity index (χ4v) is 6.48. The minimum absolute atomic E-state index is 0.0413. The molecule has 4 heterocycles. The lowest BCUT2D eigenvalue weighted by Crippen LogP contribution is -2.33. The number of pyridine rings is 1. The van der Waals surface area contributed by atoms with Crippen LogP contribution in [0.4, 0.5) is 4.39 Å². The maximum absolute atomic E-state index is 14.3. The molecule has 42 heavy (non-hydrogen) atoms. The molecule has 7 rings (SSSR count). The number of piperidine rings is 1. The van der Waals surface area contributed by atoms with Crippen LogP contribution >= 0.6 is 0 Å². The number of imidazole rings is 1. The zero-order chi connectivity index (χ0) is 29.0. The van der Waals surface area contributed by atoms with Gasteiger partial charge in [-0.2, -0.15) is 5.26 Å². The molecule has 3 fully saturated rings. The third-order valence-electron chi connectivity index (χ3n) is 8.83. The van der Waals surface area contributed by atoms with Gasteiger partial charge in [0.25, 0.3) is 0 Å². The maximum atomic E-state index is 14.3. The summed E-state index contributed by atoms with van der Waals surface area (Å²) in [5, 5.41) is 18.6. The highest BCUT2D eigenvalue weighted by Gasteiger charge is 2.57. The standard InChI is InChI=1S/C32H30FN5O4/c1-18-9-21(32(39)40)11-27-31(18)36-28(38(27)13-22-7-8-41-22)16-37-14-23-24(15-37)30(23)26-3-2-4-29(35-26)42-17-20-6-5-19(12-34)10-25(20)33/h2-6,9-11,22-24,30H,7-8,13-17H2,1H3,(H,39,40)/t22?,23-,24+,30?. The fraction of sp³-hybridized carbons (Fsp3) is 0.375. The van der Waals surface area contributed by atoms with Gasteiger partial charge in [-0.1, -0.05) is 12.1 Å². The Morgan fingerprint density at radius 1 is 1.19 bits per heavy atom. The zero-order valence-electron chi connectivity index (χ0n) is 23.2. The van der Waals surface area contributed by atoms with E-state index in [1.54, 1.807) is 30.3 Å². The van der Waals surface area contributed by atoms with Crippen molar-refractivity contribution in [1.82, 2.24) is 19.4 Å². The van der Waals surface area contributed by atoms with Crippen molar-refractivity contribution in [2.45, 2.75) is 45.1 Å². The number of halogens is 1.